The molecule has 0 bridgehead atoms. The van der Waals surface area contributed by atoms with Crippen LogP contribution in [0.15, 0.2) is 0 Å². The molecule has 0 aliphatic carbocycles. The van der Waals surface area contributed by atoms with Gasteiger partial charge >= 0.3 is 0 Å². The van der Waals surface area contributed by atoms with Crippen LogP contribution in [-0.2, 0) is 4.79 Å². The first kappa shape index (κ1) is 14.0. The van der Waals surface area contributed by atoms with Crippen LogP contribution < -0.4 is 0 Å². The predicted molar refractivity (Wildman–Crippen MR) is 64.9 cm³/mol. The van der Waals surface area contributed by atoms with E-state index >= 15 is 0 Å². The molecule has 0 aliphatic rings. The standard InChI is InChI=1S/C11H23NOS/c1-6-10(8-14-5)12(4)7-11(13)9(2)3/h9-10H,6-8H2,1-5H3. The van der Waals surface area contributed by atoms with E-state index in [0.29, 0.717) is 18.4 Å². The number of carbonyl (C=O) groups excluding carboxylic acids is 1. The Bertz CT molecular complexity index is 171. The molecule has 0 spiro atoms. The fourth-order valence-corrected chi connectivity index (χ4v) is 2.18. The highest BCUT2D eigenvalue weighted by atomic mass is 32.2. The van der Waals surface area contributed by atoms with Crippen LogP contribution in [0.4, 0.5) is 0 Å². The third-order valence-electron chi connectivity index (χ3n) is 2.50. The van der Waals surface area contributed by atoms with Crippen molar-refractivity contribution in [2.75, 3.05) is 25.6 Å². The maximum Gasteiger partial charge on any atom is 0.149 e. The third-order valence-corrected chi connectivity index (χ3v) is 3.22. The number of thioether (sulfide) groups is 1. The van der Waals surface area contributed by atoms with Gasteiger partial charge in [-0.15, -0.1) is 0 Å². The second kappa shape index (κ2) is 7.30. The molecule has 1 unspecified atom stereocenters. The molecule has 0 radical (unpaired) electrons. The van der Waals surface area contributed by atoms with Crippen LogP contribution in [0, 0.1) is 5.92 Å². The number of nitrogens with zero attached hydrogens (tertiary/aromatic N) is 1. The first-order chi connectivity index (χ1) is 6.52. The number of rotatable bonds is 7. The van der Waals surface area contributed by atoms with Gasteiger partial charge in [0.15, 0.2) is 0 Å². The van der Waals surface area contributed by atoms with E-state index in [1.165, 1.54) is 0 Å². The van der Waals surface area contributed by atoms with E-state index in [1.54, 1.807) is 0 Å². The Balaban J connectivity index is 4.02. The second-order valence-corrected chi connectivity index (χ2v) is 4.96. The molecule has 1 atom stereocenters. The lowest BCUT2D eigenvalue weighted by atomic mass is 10.1. The minimum Gasteiger partial charge on any atom is -0.298 e. The highest BCUT2D eigenvalue weighted by Gasteiger charge is 2.16. The largest absolute Gasteiger partial charge is 0.298 e. The Morgan fingerprint density at radius 1 is 1.43 bits per heavy atom. The number of likely N-dealkylation sites (N-methyl/N-ethyl adjacent to an activating group) is 1. The van der Waals surface area contributed by atoms with Gasteiger partial charge in [0, 0.05) is 17.7 Å². The van der Waals surface area contributed by atoms with Crippen LogP contribution in [0.2, 0.25) is 0 Å². The highest BCUT2D eigenvalue weighted by molar-refractivity contribution is 7.98. The maximum atomic E-state index is 11.5. The Labute approximate surface area is 92.4 Å². The number of carbonyl (C=O) groups is 1. The van der Waals surface area contributed by atoms with Crippen LogP contribution in [0.25, 0.3) is 0 Å². The molecule has 14 heavy (non-hydrogen) atoms. The molecule has 2 nitrogen and oxygen atoms in total. The molecular formula is C11H23NOS. The second-order valence-electron chi connectivity index (χ2n) is 4.05. The Morgan fingerprint density at radius 2 is 2.00 bits per heavy atom. The van der Waals surface area contributed by atoms with Crippen LogP contribution in [0.5, 0.6) is 0 Å². The molecule has 0 aromatic carbocycles. The Morgan fingerprint density at radius 3 is 2.36 bits per heavy atom. The van der Waals surface area contributed by atoms with Crippen molar-refractivity contribution in [2.24, 2.45) is 5.92 Å². The zero-order valence-corrected chi connectivity index (χ0v) is 10.9. The van der Waals surface area contributed by atoms with Gasteiger partial charge in [0.1, 0.15) is 5.78 Å². The molecule has 0 fully saturated rings. The molecule has 0 rings (SSSR count). The molecule has 0 heterocycles. The van der Waals surface area contributed by atoms with Gasteiger partial charge in [-0.25, -0.2) is 0 Å². The molecule has 0 aliphatic heterocycles. The SMILES string of the molecule is CCC(CSC)N(C)CC(=O)C(C)C. The maximum absolute atomic E-state index is 11.5. The Kier molecular flexibility index (Phi) is 7.28. The van der Waals surface area contributed by atoms with Gasteiger partial charge in [-0.05, 0) is 19.7 Å². The van der Waals surface area contributed by atoms with Gasteiger partial charge in [0.05, 0.1) is 6.54 Å². The van der Waals surface area contributed by atoms with E-state index in [-0.39, 0.29) is 5.92 Å². The summed E-state index contributed by atoms with van der Waals surface area (Å²) in [5.41, 5.74) is 0. The summed E-state index contributed by atoms with van der Waals surface area (Å²) in [7, 11) is 2.05. The van der Waals surface area contributed by atoms with Crippen molar-refractivity contribution in [1.82, 2.24) is 4.90 Å². The van der Waals surface area contributed by atoms with Crippen LogP contribution in [-0.4, -0.2) is 42.3 Å². The van der Waals surface area contributed by atoms with Gasteiger partial charge in [-0.2, -0.15) is 11.8 Å². The monoisotopic (exact) mass is 217 g/mol. The lowest BCUT2D eigenvalue weighted by Gasteiger charge is -2.26. The van der Waals surface area contributed by atoms with E-state index in [4.69, 9.17) is 0 Å². The third kappa shape index (κ3) is 5.01. The smallest absolute Gasteiger partial charge is 0.149 e. The summed E-state index contributed by atoms with van der Waals surface area (Å²) in [4.78, 5) is 13.7. The Hall–Kier alpha value is -0.0200. The van der Waals surface area contributed by atoms with Gasteiger partial charge in [0.25, 0.3) is 0 Å². The predicted octanol–water partition coefficient (Wildman–Crippen LogP) is 2.28. The van der Waals surface area contributed by atoms with Crippen molar-refractivity contribution in [3.05, 3.63) is 0 Å². The molecule has 0 aromatic rings. The van der Waals surface area contributed by atoms with E-state index in [0.717, 1.165) is 12.2 Å². The minimum absolute atomic E-state index is 0.157. The van der Waals surface area contributed by atoms with Crippen LogP contribution >= 0.6 is 11.8 Å². The minimum atomic E-state index is 0.157. The van der Waals surface area contributed by atoms with Crippen molar-refractivity contribution < 1.29 is 4.79 Å². The normalized spacial score (nSPS) is 13.6. The number of ketones is 1. The zero-order valence-electron chi connectivity index (χ0n) is 10.0. The highest BCUT2D eigenvalue weighted by Crippen LogP contribution is 2.09. The summed E-state index contributed by atoms with van der Waals surface area (Å²) in [6.45, 7) is 6.70. The first-order valence-electron chi connectivity index (χ1n) is 5.24. The van der Waals surface area contributed by atoms with E-state index in [1.807, 2.05) is 32.7 Å². The van der Waals surface area contributed by atoms with Gasteiger partial charge in [-0.3, -0.25) is 9.69 Å². The number of Topliss-reactive ketones (excluding diaryl/α,β-unsaturated/α-hetero) is 1. The average molecular weight is 217 g/mol. The number of hydrogen-bond donors (Lipinski definition) is 0. The van der Waals surface area contributed by atoms with Gasteiger partial charge in [0.2, 0.25) is 0 Å². The molecule has 0 N–H and O–H groups in total. The summed E-state index contributed by atoms with van der Waals surface area (Å²) < 4.78 is 0. The van der Waals surface area contributed by atoms with E-state index < -0.39 is 0 Å². The van der Waals surface area contributed by atoms with Gasteiger partial charge in [-0.1, -0.05) is 20.8 Å². The summed E-state index contributed by atoms with van der Waals surface area (Å²) in [5.74, 6) is 1.61. The van der Waals surface area contributed by atoms with Gasteiger partial charge < -0.3 is 0 Å². The quantitative estimate of drug-likeness (QED) is 0.652. The first-order valence-corrected chi connectivity index (χ1v) is 6.64. The molecular weight excluding hydrogens is 194 g/mol. The van der Waals surface area contributed by atoms with Crippen molar-refractivity contribution in [3.63, 3.8) is 0 Å². The van der Waals surface area contributed by atoms with Crippen molar-refractivity contribution in [1.29, 1.82) is 0 Å². The number of hydrogen-bond acceptors (Lipinski definition) is 3. The summed E-state index contributed by atoms with van der Waals surface area (Å²) in [5, 5.41) is 0. The average Bonchev–Trinajstić information content (AvgIpc) is 2.13. The lowest BCUT2D eigenvalue weighted by Crippen LogP contribution is -2.38. The van der Waals surface area contributed by atoms with E-state index in [9.17, 15) is 4.79 Å². The fourth-order valence-electron chi connectivity index (χ4n) is 1.31. The molecule has 3 heteroatoms. The van der Waals surface area contributed by atoms with E-state index in [2.05, 4.69) is 18.1 Å². The van der Waals surface area contributed by atoms with Crippen molar-refractivity contribution in [3.8, 4) is 0 Å². The molecule has 0 amide bonds. The van der Waals surface area contributed by atoms with Crippen LogP contribution in [0.1, 0.15) is 27.2 Å². The molecule has 0 saturated carbocycles. The summed E-state index contributed by atoms with van der Waals surface area (Å²) in [6.07, 6.45) is 3.23. The molecule has 84 valence electrons. The molecule has 0 aromatic heterocycles. The lowest BCUT2D eigenvalue weighted by molar-refractivity contribution is -0.123. The zero-order chi connectivity index (χ0) is 11.1. The molecule has 0 saturated heterocycles. The fraction of sp³-hybridized carbons (Fsp3) is 0.909. The summed E-state index contributed by atoms with van der Waals surface area (Å²) in [6, 6.07) is 0.535. The van der Waals surface area contributed by atoms with Crippen molar-refractivity contribution >= 4 is 17.5 Å². The van der Waals surface area contributed by atoms with Crippen molar-refractivity contribution in [2.45, 2.75) is 33.2 Å². The summed E-state index contributed by atoms with van der Waals surface area (Å²) >= 11 is 1.85. The van der Waals surface area contributed by atoms with Crippen LogP contribution in [0.3, 0.4) is 0 Å². The topological polar surface area (TPSA) is 20.3 Å².